The molecule has 3 heterocycles. The van der Waals surface area contributed by atoms with Crippen LogP contribution in [0.2, 0.25) is 5.02 Å². The minimum Gasteiger partial charge on any atom is -0.489 e. The van der Waals surface area contributed by atoms with Gasteiger partial charge in [-0.25, -0.2) is 4.79 Å². The van der Waals surface area contributed by atoms with Gasteiger partial charge >= 0.3 is 5.97 Å². The maximum absolute atomic E-state index is 12.4. The van der Waals surface area contributed by atoms with Crippen LogP contribution < -0.4 is 10.2 Å². The van der Waals surface area contributed by atoms with Gasteiger partial charge in [-0.15, -0.1) is 0 Å². The Hall–Kier alpha value is -2.27. The van der Waals surface area contributed by atoms with Crippen molar-refractivity contribution in [2.24, 2.45) is 5.41 Å². The number of ether oxygens (including phenoxy) is 1. The van der Waals surface area contributed by atoms with Crippen molar-refractivity contribution in [3.63, 3.8) is 0 Å². The number of nitrogens with zero attached hydrogens (tertiary/aromatic N) is 1. The Morgan fingerprint density at radius 1 is 1.26 bits per heavy atom. The molecule has 2 aromatic rings. The highest BCUT2D eigenvalue weighted by molar-refractivity contribution is 6.32. The number of carboxylic acids is 1. The molecule has 1 aromatic heterocycles. The summed E-state index contributed by atoms with van der Waals surface area (Å²) in [6.07, 6.45) is 3.07. The molecule has 2 aliphatic rings. The first-order chi connectivity index (χ1) is 12.6. The molecular weight excluding hydrogens is 366 g/mol. The maximum atomic E-state index is 12.4. The van der Waals surface area contributed by atoms with Gasteiger partial charge in [-0.1, -0.05) is 32.4 Å². The topological polar surface area (TPSA) is 68.5 Å². The third-order valence-corrected chi connectivity index (χ3v) is 5.86. The SMILES string of the molecule is C[C@H]1Cc2c3c(cc(Cl)c2O1)-c1cc(=O)c(C(=O)O)cn1[C@H](C(C)(C)C)C3. The van der Waals surface area contributed by atoms with Crippen LogP contribution in [0.1, 0.15) is 55.2 Å². The highest BCUT2D eigenvalue weighted by atomic mass is 35.5. The average molecular weight is 388 g/mol. The Labute approximate surface area is 162 Å². The lowest BCUT2D eigenvalue weighted by molar-refractivity contribution is 0.0693. The fourth-order valence-electron chi connectivity index (χ4n) is 4.26. The summed E-state index contributed by atoms with van der Waals surface area (Å²) in [6.45, 7) is 8.39. The molecule has 0 unspecified atom stereocenters. The van der Waals surface area contributed by atoms with Crippen LogP contribution in [-0.4, -0.2) is 21.7 Å². The molecule has 0 spiro atoms. The number of carboxylic acid groups (broad SMARTS) is 1. The van der Waals surface area contributed by atoms with Crippen LogP contribution in [0, 0.1) is 5.41 Å². The van der Waals surface area contributed by atoms with E-state index in [0.29, 0.717) is 5.02 Å². The van der Waals surface area contributed by atoms with Crippen LogP contribution in [0.5, 0.6) is 5.75 Å². The Bertz CT molecular complexity index is 1030. The second kappa shape index (κ2) is 5.86. The number of hydrogen-bond donors (Lipinski definition) is 1. The summed E-state index contributed by atoms with van der Waals surface area (Å²) in [4.78, 5) is 23.9. The van der Waals surface area contributed by atoms with E-state index in [1.807, 2.05) is 17.6 Å². The van der Waals surface area contributed by atoms with Gasteiger partial charge in [0.25, 0.3) is 0 Å². The smallest absolute Gasteiger partial charge is 0.341 e. The van der Waals surface area contributed by atoms with Crippen LogP contribution in [0.4, 0.5) is 0 Å². The summed E-state index contributed by atoms with van der Waals surface area (Å²) in [5.41, 5.74) is 3.05. The fraction of sp³-hybridized carbons (Fsp3) is 0.429. The largest absolute Gasteiger partial charge is 0.489 e. The van der Waals surface area contributed by atoms with E-state index in [9.17, 15) is 14.7 Å². The van der Waals surface area contributed by atoms with Crippen LogP contribution >= 0.6 is 11.6 Å². The number of hydrogen-bond acceptors (Lipinski definition) is 3. The number of fused-ring (bicyclic) bond motifs is 5. The molecular formula is C21H22ClNO4. The summed E-state index contributed by atoms with van der Waals surface area (Å²) in [6, 6.07) is 3.29. The van der Waals surface area contributed by atoms with Crippen molar-refractivity contribution in [2.75, 3.05) is 0 Å². The van der Waals surface area contributed by atoms with E-state index in [2.05, 4.69) is 20.8 Å². The zero-order valence-electron chi connectivity index (χ0n) is 15.8. The van der Waals surface area contributed by atoms with Gasteiger partial charge in [-0.2, -0.15) is 0 Å². The standard InChI is InChI=1S/C21H22ClNO4/c1-10-5-13-11-7-18(21(2,3)4)23-9-14(20(25)26)17(24)8-16(23)12(11)6-15(22)19(13)27-10/h6,8-10,18H,5,7H2,1-4H3,(H,25,26)/t10-,18-/m0/s1. The third-order valence-electron chi connectivity index (χ3n) is 5.58. The number of pyridine rings is 1. The van der Waals surface area contributed by atoms with Crippen LogP contribution in [0.25, 0.3) is 11.3 Å². The predicted octanol–water partition coefficient (Wildman–Crippen LogP) is 4.33. The number of carbonyl (C=O) groups is 1. The molecule has 0 radical (unpaired) electrons. The Morgan fingerprint density at radius 2 is 1.96 bits per heavy atom. The Balaban J connectivity index is 2.04. The Kier molecular flexibility index (Phi) is 3.93. The molecule has 0 saturated heterocycles. The molecule has 6 heteroatoms. The first-order valence-electron chi connectivity index (χ1n) is 9.08. The maximum Gasteiger partial charge on any atom is 0.341 e. The minimum atomic E-state index is -1.21. The molecule has 4 rings (SSSR count). The van der Waals surface area contributed by atoms with E-state index in [1.54, 1.807) is 0 Å². The highest BCUT2D eigenvalue weighted by Crippen LogP contribution is 2.49. The van der Waals surface area contributed by atoms with Gasteiger partial charge in [0.2, 0.25) is 0 Å². The quantitative estimate of drug-likeness (QED) is 0.790. The molecule has 2 aliphatic heterocycles. The highest BCUT2D eigenvalue weighted by Gasteiger charge is 2.37. The van der Waals surface area contributed by atoms with Crippen molar-refractivity contribution in [3.8, 4) is 17.0 Å². The summed E-state index contributed by atoms with van der Waals surface area (Å²) < 4.78 is 7.85. The van der Waals surface area contributed by atoms with Crippen LogP contribution in [0.15, 0.2) is 23.1 Å². The van der Waals surface area contributed by atoms with Crippen molar-refractivity contribution in [2.45, 2.75) is 52.7 Å². The molecule has 0 saturated carbocycles. The van der Waals surface area contributed by atoms with Crippen molar-refractivity contribution in [3.05, 3.63) is 50.3 Å². The van der Waals surface area contributed by atoms with E-state index in [-0.39, 0.29) is 23.1 Å². The zero-order chi connectivity index (χ0) is 19.7. The van der Waals surface area contributed by atoms with E-state index >= 15 is 0 Å². The lowest BCUT2D eigenvalue weighted by Crippen LogP contribution is -2.33. The first kappa shape index (κ1) is 18.1. The van der Waals surface area contributed by atoms with Crippen molar-refractivity contribution in [1.82, 2.24) is 4.57 Å². The van der Waals surface area contributed by atoms with Crippen molar-refractivity contribution in [1.29, 1.82) is 0 Å². The summed E-state index contributed by atoms with van der Waals surface area (Å²) in [7, 11) is 0. The van der Waals surface area contributed by atoms with E-state index in [0.717, 1.165) is 41.0 Å². The van der Waals surface area contributed by atoms with Crippen molar-refractivity contribution < 1.29 is 14.6 Å². The zero-order valence-corrected chi connectivity index (χ0v) is 16.6. The molecule has 1 aromatic carbocycles. The molecule has 0 bridgehead atoms. The van der Waals surface area contributed by atoms with Gasteiger partial charge in [0.1, 0.15) is 17.4 Å². The molecule has 5 nitrogen and oxygen atoms in total. The second-order valence-electron chi connectivity index (χ2n) is 8.56. The van der Waals surface area contributed by atoms with Crippen LogP contribution in [0.3, 0.4) is 0 Å². The van der Waals surface area contributed by atoms with Gasteiger partial charge in [-0.3, -0.25) is 4.79 Å². The lowest BCUT2D eigenvalue weighted by Gasteiger charge is -2.39. The summed E-state index contributed by atoms with van der Waals surface area (Å²) in [5.74, 6) is -0.462. The lowest BCUT2D eigenvalue weighted by atomic mass is 9.77. The molecule has 0 amide bonds. The summed E-state index contributed by atoms with van der Waals surface area (Å²) in [5, 5.41) is 9.93. The molecule has 1 N–H and O–H groups in total. The predicted molar refractivity (Wildman–Crippen MR) is 104 cm³/mol. The molecule has 142 valence electrons. The molecule has 27 heavy (non-hydrogen) atoms. The molecule has 2 atom stereocenters. The van der Waals surface area contributed by atoms with Gasteiger partial charge < -0.3 is 14.4 Å². The van der Waals surface area contributed by atoms with E-state index in [1.165, 1.54) is 12.3 Å². The summed E-state index contributed by atoms with van der Waals surface area (Å²) >= 11 is 6.48. The molecule has 0 fully saturated rings. The molecule has 0 aliphatic carbocycles. The normalized spacial score (nSPS) is 20.5. The average Bonchev–Trinajstić information content (AvgIpc) is 2.95. The van der Waals surface area contributed by atoms with Gasteiger partial charge in [-0.05, 0) is 30.4 Å². The number of aromatic nitrogens is 1. The third kappa shape index (κ3) is 2.76. The Morgan fingerprint density at radius 3 is 2.59 bits per heavy atom. The van der Waals surface area contributed by atoms with Gasteiger partial charge in [0, 0.05) is 35.9 Å². The van der Waals surface area contributed by atoms with E-state index in [4.69, 9.17) is 16.3 Å². The van der Waals surface area contributed by atoms with Crippen molar-refractivity contribution >= 4 is 17.6 Å². The van der Waals surface area contributed by atoms with E-state index < -0.39 is 11.4 Å². The first-order valence-corrected chi connectivity index (χ1v) is 9.46. The fourth-order valence-corrected chi connectivity index (χ4v) is 4.53. The minimum absolute atomic E-state index is 0.0138. The van der Waals surface area contributed by atoms with Gasteiger partial charge in [0.05, 0.1) is 10.7 Å². The van der Waals surface area contributed by atoms with Gasteiger partial charge in [0.15, 0.2) is 5.43 Å². The number of benzene rings is 1. The second-order valence-corrected chi connectivity index (χ2v) is 8.97. The number of rotatable bonds is 1. The monoisotopic (exact) mass is 387 g/mol. The van der Waals surface area contributed by atoms with Crippen LogP contribution in [-0.2, 0) is 12.8 Å². The number of aromatic carboxylic acids is 1. The number of halogens is 1.